The van der Waals surface area contributed by atoms with E-state index in [1.54, 1.807) is 12.1 Å². The molecule has 0 aliphatic carbocycles. The van der Waals surface area contributed by atoms with E-state index in [1.165, 1.54) is 0 Å². The number of nitrogens with one attached hydrogen (secondary N) is 2. The third kappa shape index (κ3) is 6.32. The van der Waals surface area contributed by atoms with Gasteiger partial charge in [0, 0.05) is 12.1 Å². The number of hydrogen-bond donors (Lipinski definition) is 3. The summed E-state index contributed by atoms with van der Waals surface area (Å²) in [7, 11) is 0. The lowest BCUT2D eigenvalue weighted by atomic mass is 10.0. The van der Waals surface area contributed by atoms with Gasteiger partial charge in [-0.05, 0) is 37.3 Å². The van der Waals surface area contributed by atoms with Crippen LogP contribution in [-0.4, -0.2) is 35.6 Å². The molecule has 5 nitrogen and oxygen atoms in total. The molecule has 134 valence electrons. The second-order valence-corrected chi connectivity index (χ2v) is 6.95. The first-order valence-electron chi connectivity index (χ1n) is 8.55. The minimum absolute atomic E-state index is 0.0329. The molecule has 2 unspecified atom stereocenters. The molecular weight excluding hydrogens is 304 g/mol. The van der Waals surface area contributed by atoms with E-state index in [-0.39, 0.29) is 23.7 Å². The van der Waals surface area contributed by atoms with Gasteiger partial charge in [-0.25, -0.2) is 0 Å². The van der Waals surface area contributed by atoms with Crippen LogP contribution in [0.5, 0.6) is 0 Å². The lowest BCUT2D eigenvalue weighted by Crippen LogP contribution is -2.50. The fourth-order valence-electron chi connectivity index (χ4n) is 2.25. The van der Waals surface area contributed by atoms with Crippen molar-refractivity contribution >= 4 is 11.8 Å². The lowest BCUT2D eigenvalue weighted by Gasteiger charge is -2.22. The largest absolute Gasteiger partial charge is 0.393 e. The van der Waals surface area contributed by atoms with E-state index in [2.05, 4.69) is 10.6 Å². The predicted molar refractivity (Wildman–Crippen MR) is 95.7 cm³/mol. The second kappa shape index (κ2) is 9.42. The van der Waals surface area contributed by atoms with Crippen LogP contribution in [0.4, 0.5) is 0 Å². The molecule has 24 heavy (non-hydrogen) atoms. The number of carbonyl (C=O) groups excluding carboxylic acids is 2. The molecule has 0 saturated carbocycles. The zero-order chi connectivity index (χ0) is 18.3. The van der Waals surface area contributed by atoms with E-state index in [1.807, 2.05) is 46.8 Å². The number of carbonyl (C=O) groups is 2. The highest BCUT2D eigenvalue weighted by Crippen LogP contribution is 2.08. The van der Waals surface area contributed by atoms with Gasteiger partial charge < -0.3 is 15.7 Å². The van der Waals surface area contributed by atoms with Gasteiger partial charge in [0.1, 0.15) is 6.04 Å². The van der Waals surface area contributed by atoms with Crippen molar-refractivity contribution in [1.29, 1.82) is 0 Å². The zero-order valence-corrected chi connectivity index (χ0v) is 15.3. The highest BCUT2D eigenvalue weighted by molar-refractivity contribution is 5.97. The number of aliphatic hydroxyl groups excluding tert-OH is 1. The molecule has 2 atom stereocenters. The number of aryl methyl sites for hydroxylation is 1. The average molecular weight is 334 g/mol. The van der Waals surface area contributed by atoms with Crippen LogP contribution in [0.3, 0.4) is 0 Å². The fourth-order valence-corrected chi connectivity index (χ4v) is 2.25. The molecule has 2 amide bonds. The summed E-state index contributed by atoms with van der Waals surface area (Å²) in [5.74, 6) is -0.356. The summed E-state index contributed by atoms with van der Waals surface area (Å²) in [5.41, 5.74) is 1.61. The number of amides is 2. The molecule has 0 bridgehead atoms. The summed E-state index contributed by atoms with van der Waals surface area (Å²) in [5, 5.41) is 15.4. The first-order valence-corrected chi connectivity index (χ1v) is 8.55. The Balaban J connectivity index is 2.61. The predicted octanol–water partition coefficient (Wildman–Crippen LogP) is 2.27. The van der Waals surface area contributed by atoms with Gasteiger partial charge >= 0.3 is 0 Å². The van der Waals surface area contributed by atoms with Crippen molar-refractivity contribution < 1.29 is 14.7 Å². The van der Waals surface area contributed by atoms with Gasteiger partial charge in [-0.3, -0.25) is 9.59 Å². The Hall–Kier alpha value is -1.88. The van der Waals surface area contributed by atoms with Crippen molar-refractivity contribution in [3.05, 3.63) is 35.4 Å². The van der Waals surface area contributed by atoms with Crippen molar-refractivity contribution in [3.8, 4) is 0 Å². The van der Waals surface area contributed by atoms with Gasteiger partial charge in [-0.2, -0.15) is 0 Å². The van der Waals surface area contributed by atoms with Crippen molar-refractivity contribution in [1.82, 2.24) is 10.6 Å². The minimum atomic E-state index is -0.602. The fraction of sp³-hybridized carbons (Fsp3) is 0.579. The number of benzene rings is 1. The highest BCUT2D eigenvalue weighted by Gasteiger charge is 2.24. The Labute approximate surface area is 144 Å². The van der Waals surface area contributed by atoms with Crippen molar-refractivity contribution in [2.24, 2.45) is 11.8 Å². The van der Waals surface area contributed by atoms with Gasteiger partial charge in [0.05, 0.1) is 6.10 Å². The van der Waals surface area contributed by atoms with Gasteiger partial charge in [0.2, 0.25) is 5.91 Å². The standard InChI is InChI=1S/C19H30N2O3/c1-12(2)16(22)10-11-20-19(24)17(13(3)4)21-18(23)15-8-6-14(5)7-9-15/h6-9,12-13,16-17,22H,10-11H2,1-5H3,(H,20,24)(H,21,23). The van der Waals surface area contributed by atoms with Crippen molar-refractivity contribution in [2.45, 2.75) is 53.2 Å². The maximum atomic E-state index is 12.3. The third-order valence-corrected chi connectivity index (χ3v) is 4.06. The van der Waals surface area contributed by atoms with E-state index in [9.17, 15) is 14.7 Å². The van der Waals surface area contributed by atoms with Gasteiger partial charge in [0.15, 0.2) is 0 Å². The van der Waals surface area contributed by atoms with Crippen LogP contribution in [-0.2, 0) is 4.79 Å². The Morgan fingerprint density at radius 3 is 2.12 bits per heavy atom. The third-order valence-electron chi connectivity index (χ3n) is 4.06. The average Bonchev–Trinajstić information content (AvgIpc) is 2.52. The van der Waals surface area contributed by atoms with Crippen LogP contribution in [0, 0.1) is 18.8 Å². The van der Waals surface area contributed by atoms with E-state index >= 15 is 0 Å². The molecule has 0 aromatic heterocycles. The smallest absolute Gasteiger partial charge is 0.251 e. The summed E-state index contributed by atoms with van der Waals surface area (Å²) in [4.78, 5) is 24.7. The van der Waals surface area contributed by atoms with Gasteiger partial charge in [-0.15, -0.1) is 0 Å². The van der Waals surface area contributed by atoms with Crippen LogP contribution >= 0.6 is 0 Å². The Kier molecular flexibility index (Phi) is 7.92. The molecule has 0 aliphatic rings. The first kappa shape index (κ1) is 20.2. The molecule has 3 N–H and O–H groups in total. The van der Waals surface area contributed by atoms with E-state index in [0.717, 1.165) is 5.56 Å². The van der Waals surface area contributed by atoms with Crippen LogP contribution in [0.15, 0.2) is 24.3 Å². The summed E-state index contributed by atoms with van der Waals surface area (Å²) >= 11 is 0. The Bertz CT molecular complexity index is 538. The molecule has 0 fully saturated rings. The second-order valence-electron chi connectivity index (χ2n) is 6.95. The SMILES string of the molecule is Cc1ccc(C(=O)NC(C(=O)NCCC(O)C(C)C)C(C)C)cc1. The molecule has 0 heterocycles. The number of rotatable bonds is 8. The molecule has 0 saturated heterocycles. The zero-order valence-electron chi connectivity index (χ0n) is 15.3. The normalized spacial score (nSPS) is 13.7. The summed E-state index contributed by atoms with van der Waals surface area (Å²) in [6.45, 7) is 10.0. The van der Waals surface area contributed by atoms with Crippen LogP contribution in [0.2, 0.25) is 0 Å². The van der Waals surface area contributed by atoms with Crippen LogP contribution in [0.1, 0.15) is 50.0 Å². The van der Waals surface area contributed by atoms with Crippen LogP contribution in [0.25, 0.3) is 0 Å². The minimum Gasteiger partial charge on any atom is -0.393 e. The molecule has 1 rings (SSSR count). The van der Waals surface area contributed by atoms with Gasteiger partial charge in [-0.1, -0.05) is 45.4 Å². The van der Waals surface area contributed by atoms with Gasteiger partial charge in [0.25, 0.3) is 5.91 Å². The molecular formula is C19H30N2O3. The highest BCUT2D eigenvalue weighted by atomic mass is 16.3. The molecule has 1 aromatic carbocycles. The molecule has 5 heteroatoms. The summed E-state index contributed by atoms with van der Waals surface area (Å²) < 4.78 is 0. The summed E-state index contributed by atoms with van der Waals surface area (Å²) in [6, 6.07) is 6.63. The van der Waals surface area contributed by atoms with E-state index in [4.69, 9.17) is 0 Å². The molecule has 0 radical (unpaired) electrons. The summed E-state index contributed by atoms with van der Waals surface area (Å²) in [6.07, 6.45) is 0.0603. The van der Waals surface area contributed by atoms with Crippen molar-refractivity contribution in [3.63, 3.8) is 0 Å². The number of aliphatic hydroxyl groups is 1. The molecule has 0 aliphatic heterocycles. The number of hydrogen-bond acceptors (Lipinski definition) is 3. The monoisotopic (exact) mass is 334 g/mol. The topological polar surface area (TPSA) is 78.4 Å². The molecule has 0 spiro atoms. The lowest BCUT2D eigenvalue weighted by molar-refractivity contribution is -0.124. The quantitative estimate of drug-likeness (QED) is 0.682. The first-order chi connectivity index (χ1) is 11.2. The van der Waals surface area contributed by atoms with Crippen LogP contribution < -0.4 is 10.6 Å². The Morgan fingerprint density at radius 2 is 1.62 bits per heavy atom. The maximum Gasteiger partial charge on any atom is 0.251 e. The maximum absolute atomic E-state index is 12.3. The van der Waals surface area contributed by atoms with E-state index in [0.29, 0.717) is 18.5 Å². The molecule has 1 aromatic rings. The van der Waals surface area contributed by atoms with E-state index < -0.39 is 12.1 Å². The van der Waals surface area contributed by atoms with Crippen molar-refractivity contribution in [2.75, 3.05) is 6.54 Å². The Morgan fingerprint density at radius 1 is 1.04 bits per heavy atom.